The number of pyridine rings is 1. The summed E-state index contributed by atoms with van der Waals surface area (Å²) >= 11 is 1.87. The first-order chi connectivity index (χ1) is 12.8. The topological polar surface area (TPSA) is 54.3 Å². The molecule has 1 aliphatic heterocycles. The molecular weight excluding hydrogens is 346 g/mol. The van der Waals surface area contributed by atoms with Crippen LogP contribution in [0.3, 0.4) is 0 Å². The summed E-state index contributed by atoms with van der Waals surface area (Å²) in [5, 5.41) is 0. The van der Waals surface area contributed by atoms with Crippen LogP contribution in [0, 0.1) is 0 Å². The van der Waals surface area contributed by atoms with E-state index in [0.717, 1.165) is 49.6 Å². The molecule has 7 heteroatoms. The number of piperazine rings is 1. The summed E-state index contributed by atoms with van der Waals surface area (Å²) in [6.07, 6.45) is 10.7. The first-order valence-electron chi connectivity index (χ1n) is 9.59. The zero-order chi connectivity index (χ0) is 17.9. The maximum atomic E-state index is 12.9. The first-order valence-corrected chi connectivity index (χ1v) is 11.0. The van der Waals surface area contributed by atoms with Crippen molar-refractivity contribution in [1.29, 1.82) is 0 Å². The van der Waals surface area contributed by atoms with Crippen LogP contribution in [0.5, 0.6) is 0 Å². The van der Waals surface area contributed by atoms with Crippen LogP contribution in [0.15, 0.2) is 18.6 Å². The standard InChI is InChI=1S/C19H27N5OS/c1-26-11-10-22-6-8-23(9-7-22)19(25)15-12-17-18(20-13-15)24(14-21-17)16-4-2-3-5-16/h12-14,16H,2-11H2,1H3. The second kappa shape index (κ2) is 7.96. The lowest BCUT2D eigenvalue weighted by Crippen LogP contribution is -2.49. The normalized spacial score (nSPS) is 19.5. The van der Waals surface area contributed by atoms with Gasteiger partial charge in [0.2, 0.25) is 0 Å². The van der Waals surface area contributed by atoms with Gasteiger partial charge in [0.15, 0.2) is 5.65 Å². The fraction of sp³-hybridized carbons (Fsp3) is 0.632. The molecule has 0 spiro atoms. The Labute approximate surface area is 159 Å². The van der Waals surface area contributed by atoms with Crippen molar-refractivity contribution < 1.29 is 4.79 Å². The lowest BCUT2D eigenvalue weighted by atomic mass is 10.2. The number of aromatic nitrogens is 3. The zero-order valence-corrected chi connectivity index (χ0v) is 16.2. The van der Waals surface area contributed by atoms with E-state index in [1.165, 1.54) is 25.7 Å². The highest BCUT2D eigenvalue weighted by Crippen LogP contribution is 2.31. The van der Waals surface area contributed by atoms with Gasteiger partial charge in [0, 0.05) is 50.7 Å². The van der Waals surface area contributed by atoms with Crippen LogP contribution in [0.4, 0.5) is 0 Å². The van der Waals surface area contributed by atoms with Crippen molar-refractivity contribution >= 4 is 28.8 Å². The van der Waals surface area contributed by atoms with Gasteiger partial charge in [-0.15, -0.1) is 0 Å². The molecular formula is C19H27N5OS. The summed E-state index contributed by atoms with van der Waals surface area (Å²) in [4.78, 5) is 26.4. The molecule has 1 aliphatic carbocycles. The van der Waals surface area contributed by atoms with E-state index in [4.69, 9.17) is 0 Å². The van der Waals surface area contributed by atoms with Crippen LogP contribution >= 0.6 is 11.8 Å². The van der Waals surface area contributed by atoms with E-state index in [2.05, 4.69) is 25.7 Å². The Balaban J connectivity index is 1.44. The Morgan fingerprint density at radius 1 is 1.19 bits per heavy atom. The number of hydrogen-bond donors (Lipinski definition) is 0. The fourth-order valence-electron chi connectivity index (χ4n) is 4.06. The Hall–Kier alpha value is -1.60. The van der Waals surface area contributed by atoms with Gasteiger partial charge in [-0.25, -0.2) is 9.97 Å². The first kappa shape index (κ1) is 17.8. The quantitative estimate of drug-likeness (QED) is 0.806. The third kappa shape index (κ3) is 3.60. The van der Waals surface area contributed by atoms with Gasteiger partial charge >= 0.3 is 0 Å². The molecule has 2 aromatic rings. The van der Waals surface area contributed by atoms with Crippen LogP contribution in [-0.4, -0.2) is 75.0 Å². The second-order valence-electron chi connectivity index (χ2n) is 7.28. The van der Waals surface area contributed by atoms with Gasteiger partial charge in [-0.2, -0.15) is 11.8 Å². The lowest BCUT2D eigenvalue weighted by Gasteiger charge is -2.34. The van der Waals surface area contributed by atoms with Crippen molar-refractivity contribution in [3.63, 3.8) is 0 Å². The highest BCUT2D eigenvalue weighted by molar-refractivity contribution is 7.98. The van der Waals surface area contributed by atoms with Crippen molar-refractivity contribution in [1.82, 2.24) is 24.3 Å². The summed E-state index contributed by atoms with van der Waals surface area (Å²) < 4.78 is 2.20. The maximum Gasteiger partial charge on any atom is 0.255 e. The van der Waals surface area contributed by atoms with Gasteiger partial charge in [-0.05, 0) is 25.2 Å². The average molecular weight is 374 g/mol. The average Bonchev–Trinajstić information content (AvgIpc) is 3.35. The number of hydrogen-bond acceptors (Lipinski definition) is 5. The van der Waals surface area contributed by atoms with Crippen LogP contribution in [-0.2, 0) is 0 Å². The second-order valence-corrected chi connectivity index (χ2v) is 8.27. The molecule has 26 heavy (non-hydrogen) atoms. The Kier molecular flexibility index (Phi) is 5.45. The van der Waals surface area contributed by atoms with E-state index in [1.54, 1.807) is 6.20 Å². The summed E-state index contributed by atoms with van der Waals surface area (Å²) in [7, 11) is 0. The number of thioether (sulfide) groups is 1. The number of carbonyl (C=O) groups excluding carboxylic acids is 1. The smallest absolute Gasteiger partial charge is 0.255 e. The number of imidazole rings is 1. The fourth-order valence-corrected chi connectivity index (χ4v) is 4.50. The van der Waals surface area contributed by atoms with Gasteiger partial charge in [0.1, 0.15) is 5.52 Å². The third-order valence-electron chi connectivity index (χ3n) is 5.65. The molecule has 6 nitrogen and oxygen atoms in total. The van der Waals surface area contributed by atoms with Gasteiger partial charge in [0.05, 0.1) is 11.9 Å². The van der Waals surface area contributed by atoms with Crippen molar-refractivity contribution in [2.45, 2.75) is 31.7 Å². The summed E-state index contributed by atoms with van der Waals surface area (Å²) in [5.74, 6) is 1.23. The van der Waals surface area contributed by atoms with Crippen LogP contribution in [0.25, 0.3) is 11.2 Å². The van der Waals surface area contributed by atoms with E-state index < -0.39 is 0 Å². The Morgan fingerprint density at radius 2 is 1.96 bits per heavy atom. The van der Waals surface area contributed by atoms with E-state index >= 15 is 0 Å². The molecule has 0 unspecified atom stereocenters. The van der Waals surface area contributed by atoms with Crippen LogP contribution < -0.4 is 0 Å². The van der Waals surface area contributed by atoms with E-state index in [0.29, 0.717) is 11.6 Å². The summed E-state index contributed by atoms with van der Waals surface area (Å²) in [6, 6.07) is 2.43. The predicted octanol–water partition coefficient (Wildman–Crippen LogP) is 2.67. The largest absolute Gasteiger partial charge is 0.336 e. The van der Waals surface area contributed by atoms with Gasteiger partial charge in [0.25, 0.3) is 5.91 Å². The number of nitrogens with zero attached hydrogens (tertiary/aromatic N) is 5. The highest BCUT2D eigenvalue weighted by atomic mass is 32.2. The molecule has 0 aromatic carbocycles. The van der Waals surface area contributed by atoms with Gasteiger partial charge < -0.3 is 9.47 Å². The van der Waals surface area contributed by atoms with E-state index in [9.17, 15) is 4.79 Å². The number of carbonyl (C=O) groups is 1. The molecule has 2 aromatic heterocycles. The van der Waals surface area contributed by atoms with Crippen molar-refractivity contribution in [3.8, 4) is 0 Å². The van der Waals surface area contributed by atoms with Crippen molar-refractivity contribution in [2.24, 2.45) is 0 Å². The molecule has 4 rings (SSSR count). The van der Waals surface area contributed by atoms with E-state index in [-0.39, 0.29) is 5.91 Å². The monoisotopic (exact) mass is 373 g/mol. The lowest BCUT2D eigenvalue weighted by molar-refractivity contribution is 0.0644. The third-order valence-corrected chi connectivity index (χ3v) is 6.24. The van der Waals surface area contributed by atoms with Crippen LogP contribution in [0.1, 0.15) is 42.1 Å². The summed E-state index contributed by atoms with van der Waals surface area (Å²) in [6.45, 7) is 4.61. The molecule has 1 saturated heterocycles. The molecule has 1 saturated carbocycles. The summed E-state index contributed by atoms with van der Waals surface area (Å²) in [5.41, 5.74) is 2.41. The predicted molar refractivity (Wildman–Crippen MR) is 106 cm³/mol. The molecule has 1 amide bonds. The minimum atomic E-state index is 0.0827. The maximum absolute atomic E-state index is 12.9. The molecule has 0 N–H and O–H groups in total. The van der Waals surface area contributed by atoms with Gasteiger partial charge in [-0.1, -0.05) is 12.8 Å². The zero-order valence-electron chi connectivity index (χ0n) is 15.4. The van der Waals surface area contributed by atoms with E-state index in [1.807, 2.05) is 29.1 Å². The molecule has 0 radical (unpaired) electrons. The molecule has 0 bridgehead atoms. The SMILES string of the molecule is CSCCN1CCN(C(=O)c2cnc3c(c2)ncn3C2CCCC2)CC1. The molecule has 2 aliphatic rings. The minimum Gasteiger partial charge on any atom is -0.336 e. The molecule has 3 heterocycles. The Morgan fingerprint density at radius 3 is 2.69 bits per heavy atom. The van der Waals surface area contributed by atoms with Crippen molar-refractivity contribution in [2.75, 3.05) is 44.7 Å². The number of amides is 1. The number of fused-ring (bicyclic) bond motifs is 1. The van der Waals surface area contributed by atoms with Crippen LogP contribution in [0.2, 0.25) is 0 Å². The van der Waals surface area contributed by atoms with Gasteiger partial charge in [-0.3, -0.25) is 9.69 Å². The number of rotatable bonds is 5. The minimum absolute atomic E-state index is 0.0827. The molecule has 2 fully saturated rings. The molecule has 140 valence electrons. The highest BCUT2D eigenvalue weighted by Gasteiger charge is 2.24. The molecule has 0 atom stereocenters. The van der Waals surface area contributed by atoms with Crippen molar-refractivity contribution in [3.05, 3.63) is 24.2 Å². The Bertz CT molecular complexity index is 762.